The summed E-state index contributed by atoms with van der Waals surface area (Å²) in [6, 6.07) is 15.0. The van der Waals surface area contributed by atoms with Crippen molar-refractivity contribution in [3.63, 3.8) is 0 Å². The zero-order chi connectivity index (χ0) is 24.9. The van der Waals surface area contributed by atoms with E-state index in [1.54, 1.807) is 48.0 Å². The lowest BCUT2D eigenvalue weighted by Crippen LogP contribution is -2.57. The fraction of sp³-hybridized carbons (Fsp3) is 0.231. The summed E-state index contributed by atoms with van der Waals surface area (Å²) in [5.74, 6) is -1.82. The van der Waals surface area contributed by atoms with Gasteiger partial charge in [-0.3, -0.25) is 19.3 Å². The van der Waals surface area contributed by atoms with Crippen LogP contribution in [0.1, 0.15) is 12.5 Å². The van der Waals surface area contributed by atoms with E-state index in [1.807, 2.05) is 24.3 Å². The highest BCUT2D eigenvalue weighted by molar-refractivity contribution is 6.39. The van der Waals surface area contributed by atoms with Crippen molar-refractivity contribution in [2.45, 2.75) is 13.5 Å². The van der Waals surface area contributed by atoms with Crippen LogP contribution in [0.25, 0.3) is 17.0 Å². The molecule has 0 saturated carbocycles. The molecule has 0 radical (unpaired) electrons. The van der Waals surface area contributed by atoms with Crippen molar-refractivity contribution in [1.29, 1.82) is 0 Å². The molecule has 1 aliphatic heterocycles. The molecule has 1 aliphatic rings. The smallest absolute Gasteiger partial charge is 0.338 e. The van der Waals surface area contributed by atoms with Crippen molar-refractivity contribution >= 4 is 46.5 Å². The first kappa shape index (κ1) is 23.9. The first-order valence-corrected chi connectivity index (χ1v) is 11.2. The molecule has 0 spiro atoms. The van der Waals surface area contributed by atoms with E-state index in [0.717, 1.165) is 20.7 Å². The molecule has 0 atom stereocenters. The summed E-state index contributed by atoms with van der Waals surface area (Å²) in [6.45, 7) is 2.09. The van der Waals surface area contributed by atoms with Crippen LogP contribution < -0.4 is 4.90 Å². The predicted octanol–water partition coefficient (Wildman–Crippen LogP) is 3.23. The number of hydrogen-bond acceptors (Lipinski definition) is 6. The number of rotatable bonds is 8. The van der Waals surface area contributed by atoms with Crippen molar-refractivity contribution < 1.29 is 28.7 Å². The zero-order valence-corrected chi connectivity index (χ0v) is 19.5. The van der Waals surface area contributed by atoms with Crippen molar-refractivity contribution in [2.75, 3.05) is 31.8 Å². The highest BCUT2D eigenvalue weighted by Gasteiger charge is 2.42. The Hall–Kier alpha value is -4.24. The van der Waals surface area contributed by atoms with Crippen LogP contribution in [0.3, 0.4) is 0 Å². The first-order chi connectivity index (χ1) is 17.0. The number of carbonyl (C=O) groups is 4. The Kier molecular flexibility index (Phi) is 7.07. The molecule has 2 heterocycles. The SMILES string of the molecule is CCOC(=O)Cn1cc(/C=C2\C(=O)N(CCOC)C(=O)N(c3ccccc3)C2=O)c2ccccc21. The molecule has 9 heteroatoms. The summed E-state index contributed by atoms with van der Waals surface area (Å²) in [4.78, 5) is 54.0. The van der Waals surface area contributed by atoms with Crippen LogP contribution in [0, 0.1) is 0 Å². The minimum absolute atomic E-state index is 0.00720. The number of benzene rings is 2. The van der Waals surface area contributed by atoms with Crippen LogP contribution in [0.15, 0.2) is 66.4 Å². The third-order valence-corrected chi connectivity index (χ3v) is 5.59. The average molecular weight is 476 g/mol. The molecule has 0 bridgehead atoms. The van der Waals surface area contributed by atoms with Crippen LogP contribution in [0.5, 0.6) is 0 Å². The normalized spacial score (nSPS) is 15.4. The van der Waals surface area contributed by atoms with E-state index in [2.05, 4.69) is 0 Å². The number of carbonyl (C=O) groups excluding carboxylic acids is 4. The largest absolute Gasteiger partial charge is 0.465 e. The van der Waals surface area contributed by atoms with Gasteiger partial charge in [0.25, 0.3) is 11.8 Å². The van der Waals surface area contributed by atoms with Gasteiger partial charge in [-0.1, -0.05) is 36.4 Å². The van der Waals surface area contributed by atoms with Gasteiger partial charge in [-0.05, 0) is 31.2 Å². The van der Waals surface area contributed by atoms with Gasteiger partial charge in [0.2, 0.25) is 0 Å². The molecule has 180 valence electrons. The fourth-order valence-corrected chi connectivity index (χ4v) is 3.98. The lowest BCUT2D eigenvalue weighted by Gasteiger charge is -2.33. The maximum atomic E-state index is 13.5. The van der Waals surface area contributed by atoms with Crippen molar-refractivity contribution in [3.8, 4) is 0 Å². The Morgan fingerprint density at radius 3 is 2.40 bits per heavy atom. The molecule has 1 saturated heterocycles. The number of ether oxygens (including phenoxy) is 2. The van der Waals surface area contributed by atoms with E-state index in [0.29, 0.717) is 11.3 Å². The number of nitrogens with zero attached hydrogens (tertiary/aromatic N) is 3. The second-order valence-electron chi connectivity index (χ2n) is 7.80. The van der Waals surface area contributed by atoms with Gasteiger partial charge >= 0.3 is 12.0 Å². The molecule has 0 aliphatic carbocycles. The summed E-state index contributed by atoms with van der Waals surface area (Å²) in [6.07, 6.45) is 3.16. The van der Waals surface area contributed by atoms with E-state index < -0.39 is 23.8 Å². The summed E-state index contributed by atoms with van der Waals surface area (Å²) >= 11 is 0. The monoisotopic (exact) mass is 475 g/mol. The number of aromatic nitrogens is 1. The Bertz CT molecular complexity index is 1310. The van der Waals surface area contributed by atoms with Crippen LogP contribution in [-0.4, -0.2) is 60.2 Å². The lowest BCUT2D eigenvalue weighted by molar-refractivity contribution is -0.143. The lowest BCUT2D eigenvalue weighted by atomic mass is 10.0. The first-order valence-electron chi connectivity index (χ1n) is 11.2. The van der Waals surface area contributed by atoms with Gasteiger partial charge in [-0.15, -0.1) is 0 Å². The third kappa shape index (κ3) is 4.71. The maximum Gasteiger partial charge on any atom is 0.338 e. The molecule has 0 N–H and O–H groups in total. The van der Waals surface area contributed by atoms with Crippen molar-refractivity contribution in [1.82, 2.24) is 9.47 Å². The molecule has 3 aromatic rings. The molecular weight excluding hydrogens is 450 g/mol. The Morgan fingerprint density at radius 1 is 0.971 bits per heavy atom. The van der Waals surface area contributed by atoms with Crippen molar-refractivity contribution in [3.05, 3.63) is 71.9 Å². The maximum absolute atomic E-state index is 13.5. The Morgan fingerprint density at radius 2 is 1.69 bits per heavy atom. The van der Waals surface area contributed by atoms with E-state index in [1.165, 1.54) is 13.2 Å². The molecule has 1 fully saturated rings. The molecular formula is C26H25N3O6. The van der Waals surface area contributed by atoms with Gasteiger partial charge in [0, 0.05) is 29.8 Å². The van der Waals surface area contributed by atoms with E-state index >= 15 is 0 Å². The van der Waals surface area contributed by atoms with E-state index in [-0.39, 0.29) is 31.9 Å². The standard InChI is InChI=1S/C26H25N3O6/c1-3-35-23(30)17-27-16-18(20-11-7-8-12-22(20)27)15-21-24(31)28(13-14-34-2)26(33)29(25(21)32)19-9-5-4-6-10-19/h4-12,15-16H,3,13-14,17H2,1-2H3/b21-15+. The molecule has 1 aromatic heterocycles. The average Bonchev–Trinajstić information content (AvgIpc) is 3.19. The van der Waals surface area contributed by atoms with Crippen LogP contribution >= 0.6 is 0 Å². The summed E-state index contributed by atoms with van der Waals surface area (Å²) in [7, 11) is 1.47. The number of anilines is 1. The van der Waals surface area contributed by atoms with Gasteiger partial charge in [0.05, 0.1) is 25.4 Å². The second-order valence-corrected chi connectivity index (χ2v) is 7.80. The minimum Gasteiger partial charge on any atom is -0.465 e. The third-order valence-electron chi connectivity index (χ3n) is 5.59. The number of fused-ring (bicyclic) bond motifs is 1. The number of para-hydroxylation sites is 2. The number of amides is 4. The highest BCUT2D eigenvalue weighted by atomic mass is 16.5. The molecule has 9 nitrogen and oxygen atoms in total. The van der Waals surface area contributed by atoms with Gasteiger partial charge in [0.15, 0.2) is 0 Å². The van der Waals surface area contributed by atoms with Gasteiger partial charge in [-0.25, -0.2) is 9.69 Å². The Labute approximate surface area is 202 Å². The molecule has 4 rings (SSSR count). The molecule has 2 aromatic carbocycles. The number of barbiturate groups is 1. The Balaban J connectivity index is 1.81. The molecule has 35 heavy (non-hydrogen) atoms. The number of methoxy groups -OCH3 is 1. The molecule has 0 unspecified atom stereocenters. The molecule has 4 amide bonds. The topological polar surface area (TPSA) is 98.2 Å². The fourth-order valence-electron chi connectivity index (χ4n) is 3.98. The van der Waals surface area contributed by atoms with Gasteiger partial charge < -0.3 is 14.0 Å². The summed E-state index contributed by atoms with van der Waals surface area (Å²) < 4.78 is 11.8. The number of hydrogen-bond donors (Lipinski definition) is 0. The van der Waals surface area contributed by atoms with Gasteiger partial charge in [0.1, 0.15) is 12.1 Å². The minimum atomic E-state index is -0.731. The van der Waals surface area contributed by atoms with E-state index in [9.17, 15) is 19.2 Å². The number of urea groups is 1. The summed E-state index contributed by atoms with van der Waals surface area (Å²) in [5.41, 5.74) is 1.50. The van der Waals surface area contributed by atoms with E-state index in [4.69, 9.17) is 9.47 Å². The zero-order valence-electron chi connectivity index (χ0n) is 19.5. The van der Waals surface area contributed by atoms with Crippen LogP contribution in [0.4, 0.5) is 10.5 Å². The second kappa shape index (κ2) is 10.4. The number of esters is 1. The van der Waals surface area contributed by atoms with Crippen molar-refractivity contribution in [2.24, 2.45) is 0 Å². The van der Waals surface area contributed by atoms with Gasteiger partial charge in [-0.2, -0.15) is 0 Å². The number of imide groups is 2. The summed E-state index contributed by atoms with van der Waals surface area (Å²) in [5, 5.41) is 0.747. The predicted molar refractivity (Wildman–Crippen MR) is 129 cm³/mol. The quantitative estimate of drug-likeness (QED) is 0.282. The van der Waals surface area contributed by atoms with Crippen LogP contribution in [-0.2, 0) is 30.4 Å². The van der Waals surface area contributed by atoms with Crippen LogP contribution in [0.2, 0.25) is 0 Å². The highest BCUT2D eigenvalue weighted by Crippen LogP contribution is 2.29.